The minimum atomic E-state index is -0.842. The second-order valence-electron chi connectivity index (χ2n) is 6.47. The van der Waals surface area contributed by atoms with Crippen LogP contribution >= 0.6 is 0 Å². The largest absolute Gasteiger partial charge is 0.423 e. The normalized spacial score (nSPS) is 15.4. The highest BCUT2D eigenvalue weighted by Crippen LogP contribution is 2.27. The van der Waals surface area contributed by atoms with E-state index in [0.29, 0.717) is 30.6 Å². The van der Waals surface area contributed by atoms with Gasteiger partial charge in [-0.3, -0.25) is 4.68 Å². The van der Waals surface area contributed by atoms with Gasteiger partial charge >= 0.3 is 0 Å². The number of fused-ring (bicyclic) bond motifs is 2. The SMILES string of the molecule is Cn1ccnc1[C@H](O)c1cc2n(n1)CCN(c1nc3ccccc3o1)C2. The van der Waals surface area contributed by atoms with Crippen molar-refractivity contribution in [3.8, 4) is 0 Å². The van der Waals surface area contributed by atoms with Gasteiger partial charge in [-0.05, 0) is 18.2 Å². The number of aromatic nitrogens is 5. The van der Waals surface area contributed by atoms with E-state index in [2.05, 4.69) is 20.0 Å². The van der Waals surface area contributed by atoms with Gasteiger partial charge in [0.25, 0.3) is 6.01 Å². The molecule has 0 radical (unpaired) electrons. The maximum Gasteiger partial charge on any atom is 0.298 e. The highest BCUT2D eigenvalue weighted by molar-refractivity contribution is 5.74. The Kier molecular flexibility index (Phi) is 3.32. The molecule has 4 aromatic rings. The molecule has 0 spiro atoms. The number of hydrogen-bond donors (Lipinski definition) is 1. The number of para-hydroxylation sites is 2. The quantitative estimate of drug-likeness (QED) is 0.607. The van der Waals surface area contributed by atoms with Crippen molar-refractivity contribution in [2.24, 2.45) is 7.05 Å². The number of aliphatic hydroxyl groups excluding tert-OH is 1. The van der Waals surface area contributed by atoms with Crippen LogP contribution in [0.4, 0.5) is 6.01 Å². The lowest BCUT2D eigenvalue weighted by molar-refractivity contribution is 0.200. The molecule has 4 heterocycles. The Morgan fingerprint density at radius 1 is 1.23 bits per heavy atom. The van der Waals surface area contributed by atoms with E-state index in [-0.39, 0.29) is 0 Å². The summed E-state index contributed by atoms with van der Waals surface area (Å²) in [5, 5.41) is 15.1. The van der Waals surface area contributed by atoms with Crippen molar-refractivity contribution in [2.45, 2.75) is 19.2 Å². The molecule has 0 bridgehead atoms. The highest BCUT2D eigenvalue weighted by Gasteiger charge is 2.25. The number of aryl methyl sites for hydroxylation is 1. The summed E-state index contributed by atoms with van der Waals surface area (Å²) in [7, 11) is 1.86. The van der Waals surface area contributed by atoms with E-state index in [1.807, 2.05) is 48.3 Å². The minimum absolute atomic E-state index is 0.580. The Bertz CT molecular complexity index is 1050. The average Bonchev–Trinajstić information content (AvgIpc) is 3.37. The van der Waals surface area contributed by atoms with Crippen molar-refractivity contribution in [2.75, 3.05) is 11.4 Å². The Balaban J connectivity index is 1.42. The van der Waals surface area contributed by atoms with E-state index in [0.717, 1.165) is 23.3 Å². The molecule has 132 valence electrons. The van der Waals surface area contributed by atoms with Crippen molar-refractivity contribution < 1.29 is 9.52 Å². The van der Waals surface area contributed by atoms with Crippen LogP contribution in [0.5, 0.6) is 0 Å². The van der Waals surface area contributed by atoms with Gasteiger partial charge in [0, 0.05) is 26.0 Å². The molecule has 0 saturated carbocycles. The van der Waals surface area contributed by atoms with Crippen LogP contribution in [0.3, 0.4) is 0 Å². The predicted molar refractivity (Wildman–Crippen MR) is 94.6 cm³/mol. The number of rotatable bonds is 3. The van der Waals surface area contributed by atoms with Gasteiger partial charge in [0.1, 0.15) is 11.3 Å². The molecule has 1 aliphatic rings. The highest BCUT2D eigenvalue weighted by atomic mass is 16.4. The zero-order chi connectivity index (χ0) is 17.7. The average molecular weight is 350 g/mol. The zero-order valence-electron chi connectivity index (χ0n) is 14.3. The first-order chi connectivity index (χ1) is 12.7. The monoisotopic (exact) mass is 350 g/mol. The molecular formula is C18H18N6O2. The number of nitrogens with zero attached hydrogens (tertiary/aromatic N) is 6. The molecular weight excluding hydrogens is 332 g/mol. The summed E-state index contributed by atoms with van der Waals surface area (Å²) in [4.78, 5) is 10.9. The fraction of sp³-hybridized carbons (Fsp3) is 0.278. The van der Waals surface area contributed by atoms with Gasteiger partial charge in [0.05, 0.1) is 24.5 Å². The third-order valence-electron chi connectivity index (χ3n) is 4.75. The summed E-state index contributed by atoms with van der Waals surface area (Å²) < 4.78 is 9.60. The molecule has 0 fully saturated rings. The van der Waals surface area contributed by atoms with Crippen molar-refractivity contribution in [3.63, 3.8) is 0 Å². The van der Waals surface area contributed by atoms with Crippen LogP contribution in [0.15, 0.2) is 47.1 Å². The van der Waals surface area contributed by atoms with Crippen LogP contribution in [0.25, 0.3) is 11.1 Å². The summed E-state index contributed by atoms with van der Waals surface area (Å²) in [6, 6.07) is 10.3. The third-order valence-corrected chi connectivity index (χ3v) is 4.75. The summed E-state index contributed by atoms with van der Waals surface area (Å²) in [5.74, 6) is 0.580. The van der Waals surface area contributed by atoms with Crippen LogP contribution in [-0.2, 0) is 20.1 Å². The lowest BCUT2D eigenvalue weighted by Crippen LogP contribution is -2.33. The molecule has 8 heteroatoms. The standard InChI is InChI=1S/C18H18N6O2/c1-22-7-6-19-17(22)16(25)14-10-12-11-23(8-9-24(12)21-14)18-20-13-4-2-3-5-15(13)26-18/h2-7,10,16,25H,8-9,11H2,1H3/t16-/m1/s1. The Hall–Kier alpha value is -3.13. The lowest BCUT2D eigenvalue weighted by Gasteiger charge is -2.25. The molecule has 3 aromatic heterocycles. The van der Waals surface area contributed by atoms with Crippen LogP contribution in [0.1, 0.15) is 23.3 Å². The molecule has 8 nitrogen and oxygen atoms in total. The van der Waals surface area contributed by atoms with E-state index in [4.69, 9.17) is 4.42 Å². The molecule has 1 aromatic carbocycles. The van der Waals surface area contributed by atoms with Crippen LogP contribution < -0.4 is 4.90 Å². The summed E-state index contributed by atoms with van der Waals surface area (Å²) in [6.45, 7) is 2.09. The maximum atomic E-state index is 10.6. The number of anilines is 1. The topological polar surface area (TPSA) is 85.1 Å². The molecule has 26 heavy (non-hydrogen) atoms. The van der Waals surface area contributed by atoms with E-state index in [9.17, 15) is 5.11 Å². The van der Waals surface area contributed by atoms with Crippen molar-refractivity contribution in [3.05, 3.63) is 59.9 Å². The fourth-order valence-corrected chi connectivity index (χ4v) is 3.35. The second kappa shape index (κ2) is 5.70. The van der Waals surface area contributed by atoms with E-state index >= 15 is 0 Å². The van der Waals surface area contributed by atoms with Gasteiger partial charge in [-0.25, -0.2) is 4.98 Å². The number of imidazole rings is 1. The van der Waals surface area contributed by atoms with Crippen LogP contribution in [0, 0.1) is 0 Å². The summed E-state index contributed by atoms with van der Waals surface area (Å²) in [5.41, 5.74) is 3.26. The molecule has 0 unspecified atom stereocenters. The first-order valence-electron chi connectivity index (χ1n) is 8.51. The first-order valence-corrected chi connectivity index (χ1v) is 8.51. The van der Waals surface area contributed by atoms with E-state index < -0.39 is 6.10 Å². The zero-order valence-corrected chi connectivity index (χ0v) is 14.3. The summed E-state index contributed by atoms with van der Waals surface area (Å²) >= 11 is 0. The Labute approximate surface area is 149 Å². The molecule has 0 amide bonds. The minimum Gasteiger partial charge on any atom is -0.423 e. The fourth-order valence-electron chi connectivity index (χ4n) is 3.35. The summed E-state index contributed by atoms with van der Waals surface area (Å²) in [6.07, 6.45) is 2.64. The number of benzene rings is 1. The van der Waals surface area contributed by atoms with Gasteiger partial charge < -0.3 is 19.0 Å². The van der Waals surface area contributed by atoms with Crippen molar-refractivity contribution in [1.29, 1.82) is 0 Å². The van der Waals surface area contributed by atoms with Gasteiger partial charge in [0.2, 0.25) is 0 Å². The number of hydrogen-bond acceptors (Lipinski definition) is 6. The number of aliphatic hydroxyl groups is 1. The first kappa shape index (κ1) is 15.2. The second-order valence-corrected chi connectivity index (χ2v) is 6.47. The van der Waals surface area contributed by atoms with Crippen LogP contribution in [-0.4, -0.2) is 36.0 Å². The maximum absolute atomic E-state index is 10.6. The lowest BCUT2D eigenvalue weighted by atomic mass is 10.2. The smallest absolute Gasteiger partial charge is 0.298 e. The van der Waals surface area contributed by atoms with E-state index in [1.54, 1.807) is 10.8 Å². The van der Waals surface area contributed by atoms with Crippen molar-refractivity contribution >= 4 is 17.1 Å². The van der Waals surface area contributed by atoms with Gasteiger partial charge in [-0.2, -0.15) is 10.1 Å². The number of oxazole rings is 1. The molecule has 0 aliphatic carbocycles. The third kappa shape index (κ3) is 2.38. The molecule has 0 saturated heterocycles. The van der Waals surface area contributed by atoms with Gasteiger partial charge in [0.15, 0.2) is 11.7 Å². The Morgan fingerprint density at radius 3 is 2.92 bits per heavy atom. The van der Waals surface area contributed by atoms with Crippen LogP contribution in [0.2, 0.25) is 0 Å². The van der Waals surface area contributed by atoms with E-state index in [1.165, 1.54) is 0 Å². The molecule has 1 N–H and O–H groups in total. The predicted octanol–water partition coefficient (Wildman–Crippen LogP) is 1.86. The van der Waals surface area contributed by atoms with Crippen molar-refractivity contribution in [1.82, 2.24) is 24.3 Å². The van der Waals surface area contributed by atoms with Gasteiger partial charge in [-0.15, -0.1) is 0 Å². The Morgan fingerprint density at radius 2 is 2.12 bits per heavy atom. The molecule has 1 atom stereocenters. The molecule has 1 aliphatic heterocycles. The van der Waals surface area contributed by atoms with Gasteiger partial charge in [-0.1, -0.05) is 12.1 Å². The molecule has 5 rings (SSSR count).